The maximum Gasteiger partial charge on any atom is 0.573 e. The summed E-state index contributed by atoms with van der Waals surface area (Å²) in [5.41, 5.74) is 10.6. The highest BCUT2D eigenvalue weighted by molar-refractivity contribution is 5.46. The van der Waals surface area contributed by atoms with Crippen LogP contribution in [0.2, 0.25) is 0 Å². The quantitative estimate of drug-likeness (QED) is 0.831. The molecule has 8 heteroatoms. The number of ether oxygens (including phenoxy) is 1. The van der Waals surface area contributed by atoms with Gasteiger partial charge < -0.3 is 16.2 Å². The zero-order chi connectivity index (χ0) is 13.1. The molecule has 0 radical (unpaired) electrons. The molecule has 0 aliphatic rings. The number of rotatable bonds is 3. The molecule has 4 N–H and O–H groups in total. The molecule has 0 saturated heterocycles. The van der Waals surface area contributed by atoms with E-state index in [1.165, 1.54) is 6.07 Å². The van der Waals surface area contributed by atoms with Crippen molar-refractivity contribution in [3.63, 3.8) is 0 Å². The van der Waals surface area contributed by atoms with Gasteiger partial charge in [-0.25, -0.2) is 4.98 Å². The van der Waals surface area contributed by atoms with Gasteiger partial charge in [-0.2, -0.15) is 5.26 Å². The summed E-state index contributed by atoms with van der Waals surface area (Å²) in [5, 5.41) is 8.50. The summed E-state index contributed by atoms with van der Waals surface area (Å²) in [5.74, 6) is -0.555. The number of aromatic nitrogens is 1. The Balaban J connectivity index is 3.27. The smallest absolute Gasteiger partial charge is 0.403 e. The van der Waals surface area contributed by atoms with Gasteiger partial charge in [-0.15, -0.1) is 13.2 Å². The molecule has 1 aromatic rings. The van der Waals surface area contributed by atoms with Gasteiger partial charge >= 0.3 is 6.36 Å². The van der Waals surface area contributed by atoms with Gasteiger partial charge in [0.05, 0.1) is 18.2 Å². The summed E-state index contributed by atoms with van der Waals surface area (Å²) in [6.45, 7) is -0.198. The number of nitrogens with zero attached hydrogens (tertiary/aromatic N) is 2. The largest absolute Gasteiger partial charge is 0.573 e. The van der Waals surface area contributed by atoms with Crippen molar-refractivity contribution in [1.29, 1.82) is 5.26 Å². The SMILES string of the molecule is N#CCc1nc(N)cc(CN)c1OC(F)(F)F. The van der Waals surface area contributed by atoms with Crippen LogP contribution in [0, 0.1) is 11.3 Å². The third-order valence-corrected chi connectivity index (χ3v) is 1.82. The van der Waals surface area contributed by atoms with Crippen LogP contribution in [-0.2, 0) is 13.0 Å². The highest BCUT2D eigenvalue weighted by Gasteiger charge is 2.33. The van der Waals surface area contributed by atoms with Crippen LogP contribution in [0.15, 0.2) is 6.07 Å². The van der Waals surface area contributed by atoms with E-state index in [4.69, 9.17) is 16.7 Å². The van der Waals surface area contributed by atoms with Crippen molar-refractivity contribution in [2.75, 3.05) is 5.73 Å². The van der Waals surface area contributed by atoms with Gasteiger partial charge in [0.2, 0.25) is 0 Å². The van der Waals surface area contributed by atoms with E-state index in [2.05, 4.69) is 9.72 Å². The van der Waals surface area contributed by atoms with Crippen molar-refractivity contribution in [3.05, 3.63) is 17.3 Å². The zero-order valence-electron chi connectivity index (χ0n) is 8.58. The van der Waals surface area contributed by atoms with E-state index >= 15 is 0 Å². The lowest BCUT2D eigenvalue weighted by Gasteiger charge is -2.15. The second kappa shape index (κ2) is 4.88. The molecule has 0 aliphatic heterocycles. The van der Waals surface area contributed by atoms with Crippen molar-refractivity contribution >= 4 is 5.82 Å². The summed E-state index contributed by atoms with van der Waals surface area (Å²) < 4.78 is 40.3. The topological polar surface area (TPSA) is 98.0 Å². The van der Waals surface area contributed by atoms with E-state index in [-0.39, 0.29) is 30.0 Å². The Kier molecular flexibility index (Phi) is 3.75. The molecular formula is C9H9F3N4O. The molecule has 0 fully saturated rings. The average Bonchev–Trinajstić information content (AvgIpc) is 2.20. The minimum atomic E-state index is -4.87. The first-order valence-corrected chi connectivity index (χ1v) is 4.48. The standard InChI is InChI=1S/C9H9F3N4O/c10-9(11,12)17-8-5(4-14)3-7(15)16-6(8)1-2-13/h3H,1,4,14H2,(H2,15,16). The van der Waals surface area contributed by atoms with E-state index in [9.17, 15) is 13.2 Å². The fraction of sp³-hybridized carbons (Fsp3) is 0.333. The van der Waals surface area contributed by atoms with Crippen LogP contribution >= 0.6 is 0 Å². The van der Waals surface area contributed by atoms with E-state index < -0.39 is 12.1 Å². The Morgan fingerprint density at radius 1 is 1.47 bits per heavy atom. The molecule has 0 bridgehead atoms. The Hall–Kier alpha value is -2.01. The van der Waals surface area contributed by atoms with Gasteiger partial charge in [0.15, 0.2) is 5.75 Å². The summed E-state index contributed by atoms with van der Waals surface area (Å²) in [6, 6.07) is 2.86. The van der Waals surface area contributed by atoms with Crippen LogP contribution in [0.1, 0.15) is 11.3 Å². The molecule has 0 aromatic carbocycles. The molecule has 5 nitrogen and oxygen atoms in total. The Morgan fingerprint density at radius 3 is 2.59 bits per heavy atom. The van der Waals surface area contributed by atoms with Crippen molar-refractivity contribution in [1.82, 2.24) is 4.98 Å². The van der Waals surface area contributed by atoms with Crippen molar-refractivity contribution in [2.24, 2.45) is 5.73 Å². The minimum absolute atomic E-state index is 0.00905. The highest BCUT2D eigenvalue weighted by Crippen LogP contribution is 2.30. The minimum Gasteiger partial charge on any atom is -0.403 e. The number of pyridine rings is 1. The van der Waals surface area contributed by atoms with E-state index in [0.29, 0.717) is 0 Å². The second-order valence-electron chi connectivity index (χ2n) is 3.07. The lowest BCUT2D eigenvalue weighted by molar-refractivity contribution is -0.275. The van der Waals surface area contributed by atoms with Crippen molar-refractivity contribution in [3.8, 4) is 11.8 Å². The molecule has 0 spiro atoms. The van der Waals surface area contributed by atoms with Gasteiger partial charge in [0.25, 0.3) is 0 Å². The number of hydrogen-bond acceptors (Lipinski definition) is 5. The van der Waals surface area contributed by atoms with Gasteiger partial charge in [-0.3, -0.25) is 0 Å². The molecule has 17 heavy (non-hydrogen) atoms. The molecule has 0 unspecified atom stereocenters. The molecule has 0 atom stereocenters. The van der Waals surface area contributed by atoms with Crippen LogP contribution in [0.3, 0.4) is 0 Å². The van der Waals surface area contributed by atoms with Gasteiger partial charge in [0.1, 0.15) is 5.82 Å². The number of nitriles is 1. The molecule has 1 aromatic heterocycles. The number of hydrogen-bond donors (Lipinski definition) is 2. The van der Waals surface area contributed by atoms with Gasteiger partial charge in [0, 0.05) is 12.1 Å². The van der Waals surface area contributed by atoms with Crippen LogP contribution in [-0.4, -0.2) is 11.3 Å². The predicted octanol–water partition coefficient (Wildman–Crippen LogP) is 1.09. The third-order valence-electron chi connectivity index (χ3n) is 1.82. The molecule has 0 amide bonds. The van der Waals surface area contributed by atoms with Crippen molar-refractivity contribution < 1.29 is 17.9 Å². The first-order valence-electron chi connectivity index (χ1n) is 4.48. The fourth-order valence-electron chi connectivity index (χ4n) is 1.25. The third kappa shape index (κ3) is 3.49. The number of nitrogen functional groups attached to an aromatic ring is 1. The highest BCUT2D eigenvalue weighted by atomic mass is 19.4. The molecule has 1 rings (SSSR count). The number of alkyl halides is 3. The van der Waals surface area contributed by atoms with Crippen LogP contribution in [0.4, 0.5) is 19.0 Å². The second-order valence-corrected chi connectivity index (χ2v) is 3.07. The maximum absolute atomic E-state index is 12.2. The van der Waals surface area contributed by atoms with Gasteiger partial charge in [-0.05, 0) is 6.07 Å². The van der Waals surface area contributed by atoms with E-state index in [1.807, 2.05) is 0 Å². The molecular weight excluding hydrogens is 237 g/mol. The van der Waals surface area contributed by atoms with E-state index in [1.54, 1.807) is 6.07 Å². The number of halogens is 3. The van der Waals surface area contributed by atoms with E-state index in [0.717, 1.165) is 0 Å². The fourth-order valence-corrected chi connectivity index (χ4v) is 1.25. The van der Waals surface area contributed by atoms with Crippen molar-refractivity contribution in [2.45, 2.75) is 19.3 Å². The zero-order valence-corrected chi connectivity index (χ0v) is 8.58. The predicted molar refractivity (Wildman–Crippen MR) is 52.5 cm³/mol. The lowest BCUT2D eigenvalue weighted by Crippen LogP contribution is -2.20. The Bertz CT molecular complexity index is 453. The molecule has 0 saturated carbocycles. The average molecular weight is 246 g/mol. The normalized spacial score (nSPS) is 11.0. The Morgan fingerprint density at radius 2 is 2.12 bits per heavy atom. The molecule has 0 aliphatic carbocycles. The first kappa shape index (κ1) is 13.1. The number of anilines is 1. The maximum atomic E-state index is 12.2. The van der Waals surface area contributed by atoms with Crippen LogP contribution < -0.4 is 16.2 Å². The summed E-state index contributed by atoms with van der Waals surface area (Å²) in [6.07, 6.45) is -5.21. The monoisotopic (exact) mass is 246 g/mol. The van der Waals surface area contributed by atoms with Crippen LogP contribution in [0.25, 0.3) is 0 Å². The summed E-state index contributed by atoms with van der Waals surface area (Å²) >= 11 is 0. The number of nitrogens with two attached hydrogens (primary N) is 2. The first-order chi connectivity index (χ1) is 7.87. The summed E-state index contributed by atoms with van der Waals surface area (Å²) in [7, 11) is 0. The van der Waals surface area contributed by atoms with Crippen LogP contribution in [0.5, 0.6) is 5.75 Å². The molecule has 1 heterocycles. The molecule has 92 valence electrons. The lowest BCUT2D eigenvalue weighted by atomic mass is 10.1. The van der Waals surface area contributed by atoms with Gasteiger partial charge in [-0.1, -0.05) is 0 Å². The summed E-state index contributed by atoms with van der Waals surface area (Å²) in [4.78, 5) is 3.63. The Labute approximate surface area is 94.8 Å².